The Morgan fingerprint density at radius 1 is 1.32 bits per heavy atom. The van der Waals surface area contributed by atoms with E-state index in [1.54, 1.807) is 12.1 Å². The van der Waals surface area contributed by atoms with E-state index in [1.807, 2.05) is 26.2 Å². The number of hydrogen-bond donors (Lipinski definition) is 1. The summed E-state index contributed by atoms with van der Waals surface area (Å²) in [6, 6.07) is 6.74. The van der Waals surface area contributed by atoms with Crippen molar-refractivity contribution in [3.05, 3.63) is 63.6 Å². The standard InChI is InChI=1S/C15H16BrFN2/c1-3-19-15(11-6-10(2)8-18-9-11)13-7-12(17)4-5-14(13)16/h4-9,15,19H,3H2,1-2H3. The minimum atomic E-state index is -0.235. The highest BCUT2D eigenvalue weighted by atomic mass is 79.9. The zero-order valence-electron chi connectivity index (χ0n) is 11.0. The molecule has 1 atom stereocenters. The smallest absolute Gasteiger partial charge is 0.123 e. The van der Waals surface area contributed by atoms with Gasteiger partial charge in [0.1, 0.15) is 5.82 Å². The molecule has 1 heterocycles. The van der Waals surface area contributed by atoms with Gasteiger partial charge in [0, 0.05) is 16.9 Å². The van der Waals surface area contributed by atoms with E-state index in [0.29, 0.717) is 0 Å². The maximum absolute atomic E-state index is 13.5. The fraction of sp³-hybridized carbons (Fsp3) is 0.267. The van der Waals surface area contributed by atoms with Gasteiger partial charge in [0.2, 0.25) is 0 Å². The number of rotatable bonds is 4. The van der Waals surface area contributed by atoms with Crippen molar-refractivity contribution >= 4 is 15.9 Å². The quantitative estimate of drug-likeness (QED) is 0.920. The first-order valence-electron chi connectivity index (χ1n) is 6.21. The molecule has 0 fully saturated rings. The van der Waals surface area contributed by atoms with Gasteiger partial charge in [-0.15, -0.1) is 0 Å². The van der Waals surface area contributed by atoms with E-state index in [9.17, 15) is 4.39 Å². The first-order chi connectivity index (χ1) is 9.11. The molecule has 19 heavy (non-hydrogen) atoms. The van der Waals surface area contributed by atoms with Gasteiger partial charge in [0.05, 0.1) is 6.04 Å². The molecule has 0 saturated heterocycles. The van der Waals surface area contributed by atoms with Gasteiger partial charge in [0.15, 0.2) is 0 Å². The van der Waals surface area contributed by atoms with Crippen LogP contribution in [-0.4, -0.2) is 11.5 Å². The predicted molar refractivity (Wildman–Crippen MR) is 78.6 cm³/mol. The average molecular weight is 323 g/mol. The first kappa shape index (κ1) is 14.2. The third kappa shape index (κ3) is 3.39. The molecule has 2 aromatic rings. The normalized spacial score (nSPS) is 12.4. The molecule has 1 N–H and O–H groups in total. The summed E-state index contributed by atoms with van der Waals surface area (Å²) in [5.41, 5.74) is 3.01. The molecule has 1 aromatic heterocycles. The van der Waals surface area contributed by atoms with Crippen LogP contribution < -0.4 is 5.32 Å². The fourth-order valence-electron chi connectivity index (χ4n) is 2.08. The Hall–Kier alpha value is -1.26. The number of aryl methyl sites for hydroxylation is 1. The second-order valence-electron chi connectivity index (χ2n) is 4.45. The van der Waals surface area contributed by atoms with Gasteiger partial charge in [-0.05, 0) is 48.4 Å². The SMILES string of the molecule is CCNC(c1cncc(C)c1)c1cc(F)ccc1Br. The van der Waals surface area contributed by atoms with Crippen molar-refractivity contribution in [2.24, 2.45) is 0 Å². The van der Waals surface area contributed by atoms with Crippen molar-refractivity contribution in [3.8, 4) is 0 Å². The van der Waals surface area contributed by atoms with Crippen LogP contribution in [0.4, 0.5) is 4.39 Å². The molecule has 1 aromatic carbocycles. The summed E-state index contributed by atoms with van der Waals surface area (Å²) in [7, 11) is 0. The zero-order chi connectivity index (χ0) is 13.8. The Kier molecular flexibility index (Phi) is 4.66. The highest BCUT2D eigenvalue weighted by molar-refractivity contribution is 9.10. The van der Waals surface area contributed by atoms with E-state index in [-0.39, 0.29) is 11.9 Å². The van der Waals surface area contributed by atoms with Crippen molar-refractivity contribution in [2.45, 2.75) is 19.9 Å². The Labute approximate surface area is 121 Å². The molecular weight excluding hydrogens is 307 g/mol. The van der Waals surface area contributed by atoms with E-state index in [2.05, 4.69) is 32.3 Å². The van der Waals surface area contributed by atoms with Crippen LogP contribution in [0, 0.1) is 12.7 Å². The summed E-state index contributed by atoms with van der Waals surface area (Å²) >= 11 is 3.49. The van der Waals surface area contributed by atoms with Gasteiger partial charge in [-0.1, -0.05) is 28.9 Å². The third-order valence-corrected chi connectivity index (χ3v) is 3.63. The summed E-state index contributed by atoms with van der Waals surface area (Å²) < 4.78 is 14.4. The lowest BCUT2D eigenvalue weighted by Gasteiger charge is -2.20. The van der Waals surface area contributed by atoms with Crippen LogP contribution in [0.3, 0.4) is 0 Å². The highest BCUT2D eigenvalue weighted by Crippen LogP contribution is 2.29. The lowest BCUT2D eigenvalue weighted by molar-refractivity contribution is 0.600. The largest absolute Gasteiger partial charge is 0.306 e. The topological polar surface area (TPSA) is 24.9 Å². The summed E-state index contributed by atoms with van der Waals surface area (Å²) in [6.45, 7) is 4.82. The molecule has 0 spiro atoms. The van der Waals surface area contributed by atoms with Crippen molar-refractivity contribution in [1.82, 2.24) is 10.3 Å². The molecule has 0 aliphatic carbocycles. The lowest BCUT2D eigenvalue weighted by Crippen LogP contribution is -2.22. The minimum Gasteiger partial charge on any atom is -0.306 e. The van der Waals surface area contributed by atoms with Crippen molar-refractivity contribution < 1.29 is 4.39 Å². The van der Waals surface area contributed by atoms with Crippen molar-refractivity contribution in [3.63, 3.8) is 0 Å². The third-order valence-electron chi connectivity index (χ3n) is 2.91. The molecular formula is C15H16BrFN2. The molecule has 2 rings (SSSR count). The van der Waals surface area contributed by atoms with E-state index in [0.717, 1.165) is 27.7 Å². The summed E-state index contributed by atoms with van der Waals surface area (Å²) in [6.07, 6.45) is 3.63. The van der Waals surface area contributed by atoms with Gasteiger partial charge < -0.3 is 5.32 Å². The molecule has 0 bridgehead atoms. The fourth-order valence-corrected chi connectivity index (χ4v) is 2.56. The van der Waals surface area contributed by atoms with Gasteiger partial charge >= 0.3 is 0 Å². The van der Waals surface area contributed by atoms with Crippen LogP contribution in [0.5, 0.6) is 0 Å². The van der Waals surface area contributed by atoms with Crippen LogP contribution in [0.1, 0.15) is 29.7 Å². The molecule has 0 aliphatic heterocycles. The average Bonchev–Trinajstić information content (AvgIpc) is 2.39. The number of nitrogens with one attached hydrogen (secondary N) is 1. The summed E-state index contributed by atoms with van der Waals surface area (Å²) in [4.78, 5) is 4.22. The van der Waals surface area contributed by atoms with Crippen LogP contribution >= 0.6 is 15.9 Å². The van der Waals surface area contributed by atoms with Gasteiger partial charge in [-0.3, -0.25) is 4.98 Å². The lowest BCUT2D eigenvalue weighted by atomic mass is 9.99. The maximum atomic E-state index is 13.5. The molecule has 2 nitrogen and oxygen atoms in total. The Morgan fingerprint density at radius 2 is 2.11 bits per heavy atom. The second kappa shape index (κ2) is 6.26. The van der Waals surface area contributed by atoms with E-state index in [1.165, 1.54) is 6.07 Å². The monoisotopic (exact) mass is 322 g/mol. The van der Waals surface area contributed by atoms with E-state index in [4.69, 9.17) is 0 Å². The van der Waals surface area contributed by atoms with E-state index >= 15 is 0 Å². The summed E-state index contributed by atoms with van der Waals surface area (Å²) in [5, 5.41) is 3.37. The van der Waals surface area contributed by atoms with Crippen LogP contribution in [0.15, 0.2) is 41.1 Å². The summed E-state index contributed by atoms with van der Waals surface area (Å²) in [5.74, 6) is -0.235. The molecule has 0 radical (unpaired) electrons. The van der Waals surface area contributed by atoms with Gasteiger partial charge in [0.25, 0.3) is 0 Å². The number of pyridine rings is 1. The Bertz CT molecular complexity index is 572. The zero-order valence-corrected chi connectivity index (χ0v) is 12.5. The molecule has 0 aliphatic rings. The number of halogens is 2. The number of hydrogen-bond acceptors (Lipinski definition) is 2. The second-order valence-corrected chi connectivity index (χ2v) is 5.31. The van der Waals surface area contributed by atoms with Crippen LogP contribution in [0.25, 0.3) is 0 Å². The van der Waals surface area contributed by atoms with Gasteiger partial charge in [-0.25, -0.2) is 4.39 Å². The number of benzene rings is 1. The Balaban J connectivity index is 2.48. The minimum absolute atomic E-state index is 0.0672. The predicted octanol–water partition coefficient (Wildman–Crippen LogP) is 3.99. The van der Waals surface area contributed by atoms with E-state index < -0.39 is 0 Å². The first-order valence-corrected chi connectivity index (χ1v) is 7.01. The van der Waals surface area contributed by atoms with Crippen LogP contribution in [0.2, 0.25) is 0 Å². The van der Waals surface area contributed by atoms with Crippen molar-refractivity contribution in [2.75, 3.05) is 6.54 Å². The molecule has 1 unspecified atom stereocenters. The number of aromatic nitrogens is 1. The van der Waals surface area contributed by atoms with Crippen molar-refractivity contribution in [1.29, 1.82) is 0 Å². The number of nitrogens with zero attached hydrogens (tertiary/aromatic N) is 1. The Morgan fingerprint density at radius 3 is 2.79 bits per heavy atom. The molecule has 4 heteroatoms. The molecule has 0 amide bonds. The van der Waals surface area contributed by atoms with Gasteiger partial charge in [-0.2, -0.15) is 0 Å². The molecule has 0 saturated carbocycles. The van der Waals surface area contributed by atoms with Crippen LogP contribution in [-0.2, 0) is 0 Å². The highest BCUT2D eigenvalue weighted by Gasteiger charge is 2.17. The molecule has 100 valence electrons. The maximum Gasteiger partial charge on any atom is 0.123 e.